The molecular formula is C16H28N2O3. The van der Waals surface area contributed by atoms with E-state index in [-0.39, 0.29) is 12.5 Å². The van der Waals surface area contributed by atoms with E-state index in [4.69, 9.17) is 5.11 Å². The number of urea groups is 1. The first-order valence-corrected chi connectivity index (χ1v) is 8.21. The van der Waals surface area contributed by atoms with Crippen molar-refractivity contribution in [3.63, 3.8) is 0 Å². The lowest BCUT2D eigenvalue weighted by molar-refractivity contribution is -0.138. The molecule has 0 bridgehead atoms. The van der Waals surface area contributed by atoms with Crippen LogP contribution in [0.25, 0.3) is 0 Å². The van der Waals surface area contributed by atoms with Gasteiger partial charge in [0.2, 0.25) is 0 Å². The Morgan fingerprint density at radius 2 is 1.81 bits per heavy atom. The highest BCUT2D eigenvalue weighted by atomic mass is 16.4. The number of hydrogen-bond donors (Lipinski definition) is 2. The third-order valence-electron chi connectivity index (χ3n) is 5.19. The van der Waals surface area contributed by atoms with Crippen molar-refractivity contribution in [2.45, 2.75) is 64.3 Å². The number of aliphatic carboxylic acids is 1. The summed E-state index contributed by atoms with van der Waals surface area (Å²) in [5, 5.41) is 12.1. The molecule has 21 heavy (non-hydrogen) atoms. The molecule has 2 fully saturated rings. The van der Waals surface area contributed by atoms with E-state index < -0.39 is 11.5 Å². The summed E-state index contributed by atoms with van der Waals surface area (Å²) in [6, 6.07) is -0.0691. The van der Waals surface area contributed by atoms with Gasteiger partial charge in [-0.1, -0.05) is 26.7 Å². The second kappa shape index (κ2) is 6.67. The second-order valence-electron chi connectivity index (χ2n) is 7.06. The molecule has 1 aliphatic carbocycles. The number of nitrogens with zero attached hydrogens (tertiary/aromatic N) is 1. The van der Waals surface area contributed by atoms with E-state index in [1.54, 1.807) is 0 Å². The first-order valence-electron chi connectivity index (χ1n) is 8.21. The molecule has 1 saturated carbocycles. The molecule has 0 aromatic heterocycles. The van der Waals surface area contributed by atoms with E-state index in [1.165, 1.54) is 0 Å². The molecule has 0 aromatic rings. The monoisotopic (exact) mass is 296 g/mol. The van der Waals surface area contributed by atoms with Crippen LogP contribution in [0.3, 0.4) is 0 Å². The maximum Gasteiger partial charge on any atom is 0.317 e. The minimum absolute atomic E-state index is 0.0429. The number of nitrogens with one attached hydrogen (secondary N) is 1. The molecule has 1 aliphatic heterocycles. The van der Waals surface area contributed by atoms with Crippen molar-refractivity contribution in [3.05, 3.63) is 0 Å². The number of carbonyl (C=O) groups excluding carboxylic acids is 1. The van der Waals surface area contributed by atoms with Crippen LogP contribution in [0.2, 0.25) is 0 Å². The average molecular weight is 296 g/mol. The van der Waals surface area contributed by atoms with Crippen LogP contribution < -0.4 is 5.32 Å². The molecule has 0 atom stereocenters. The van der Waals surface area contributed by atoms with Crippen LogP contribution in [0.4, 0.5) is 4.79 Å². The number of carboxylic acid groups (broad SMARTS) is 1. The third kappa shape index (κ3) is 4.11. The van der Waals surface area contributed by atoms with Crippen molar-refractivity contribution >= 4 is 12.0 Å². The van der Waals surface area contributed by atoms with E-state index in [0.717, 1.165) is 51.6 Å². The molecule has 5 nitrogen and oxygen atoms in total. The Labute approximate surface area is 127 Å². The Kier molecular flexibility index (Phi) is 5.12. The maximum atomic E-state index is 12.4. The first kappa shape index (κ1) is 16.1. The summed E-state index contributed by atoms with van der Waals surface area (Å²) < 4.78 is 0. The van der Waals surface area contributed by atoms with Gasteiger partial charge in [-0.2, -0.15) is 0 Å². The Morgan fingerprint density at radius 1 is 1.24 bits per heavy atom. The minimum Gasteiger partial charge on any atom is -0.481 e. The topological polar surface area (TPSA) is 69.6 Å². The molecule has 2 rings (SSSR count). The largest absolute Gasteiger partial charge is 0.481 e. The normalized spacial score (nSPS) is 22.5. The highest BCUT2D eigenvalue weighted by Gasteiger charge is 2.38. The maximum absolute atomic E-state index is 12.4. The zero-order valence-electron chi connectivity index (χ0n) is 13.2. The molecule has 5 heteroatoms. The Balaban J connectivity index is 1.90. The van der Waals surface area contributed by atoms with E-state index in [2.05, 4.69) is 19.2 Å². The molecule has 0 unspecified atom stereocenters. The number of likely N-dealkylation sites (tertiary alicyclic amines) is 1. The fourth-order valence-electron chi connectivity index (χ4n) is 3.76. The third-order valence-corrected chi connectivity index (χ3v) is 5.19. The lowest BCUT2D eigenvalue weighted by Crippen LogP contribution is -2.54. The van der Waals surface area contributed by atoms with Crippen LogP contribution in [0.1, 0.15) is 58.8 Å². The summed E-state index contributed by atoms with van der Waals surface area (Å²) >= 11 is 0. The van der Waals surface area contributed by atoms with E-state index in [0.29, 0.717) is 11.8 Å². The number of hydrogen-bond acceptors (Lipinski definition) is 2. The number of carbonyl (C=O) groups is 2. The van der Waals surface area contributed by atoms with Crippen molar-refractivity contribution in [1.29, 1.82) is 0 Å². The standard InChI is InChI=1S/C16H28N2O3/c1-12(2)13-5-9-18(10-6-13)15(21)17-16(11-14(19)20)7-3-4-8-16/h12-13H,3-11H2,1-2H3,(H,17,21)(H,19,20). The summed E-state index contributed by atoms with van der Waals surface area (Å²) in [4.78, 5) is 25.4. The quantitative estimate of drug-likeness (QED) is 0.838. The predicted octanol–water partition coefficient (Wildman–Crippen LogP) is 2.85. The van der Waals surface area contributed by atoms with Crippen molar-refractivity contribution in [3.8, 4) is 0 Å². The summed E-state index contributed by atoms with van der Waals surface area (Å²) in [5.41, 5.74) is -0.516. The Hall–Kier alpha value is -1.26. The van der Waals surface area contributed by atoms with Gasteiger partial charge < -0.3 is 15.3 Å². The van der Waals surface area contributed by atoms with Gasteiger partial charge in [-0.25, -0.2) is 4.79 Å². The van der Waals surface area contributed by atoms with E-state index in [1.807, 2.05) is 4.90 Å². The van der Waals surface area contributed by atoms with Gasteiger partial charge in [0.1, 0.15) is 0 Å². The molecule has 2 N–H and O–H groups in total. The molecule has 1 heterocycles. The Bertz CT molecular complexity index is 381. The van der Waals surface area contributed by atoms with Crippen LogP contribution in [-0.4, -0.2) is 40.6 Å². The number of rotatable bonds is 4. The van der Waals surface area contributed by atoms with Gasteiger partial charge in [0.05, 0.1) is 12.0 Å². The van der Waals surface area contributed by atoms with Crippen molar-refractivity contribution in [1.82, 2.24) is 10.2 Å². The summed E-state index contributed by atoms with van der Waals surface area (Å²) in [7, 11) is 0. The Morgan fingerprint density at radius 3 is 2.29 bits per heavy atom. The van der Waals surface area contributed by atoms with Gasteiger partial charge >= 0.3 is 12.0 Å². The van der Waals surface area contributed by atoms with Gasteiger partial charge in [0.15, 0.2) is 0 Å². The van der Waals surface area contributed by atoms with Crippen molar-refractivity contribution in [2.75, 3.05) is 13.1 Å². The van der Waals surface area contributed by atoms with Gasteiger partial charge in [-0.3, -0.25) is 4.79 Å². The molecule has 2 amide bonds. The summed E-state index contributed by atoms with van der Waals surface area (Å²) in [6.45, 7) is 6.05. The molecule has 1 saturated heterocycles. The van der Waals surface area contributed by atoms with Gasteiger partial charge in [0, 0.05) is 13.1 Å². The van der Waals surface area contributed by atoms with Crippen LogP contribution in [0.5, 0.6) is 0 Å². The second-order valence-corrected chi connectivity index (χ2v) is 7.06. The zero-order chi connectivity index (χ0) is 15.5. The van der Waals surface area contributed by atoms with Gasteiger partial charge in [0.25, 0.3) is 0 Å². The number of piperidine rings is 1. The van der Waals surface area contributed by atoms with Crippen LogP contribution in [0.15, 0.2) is 0 Å². The van der Waals surface area contributed by atoms with E-state index >= 15 is 0 Å². The highest BCUT2D eigenvalue weighted by molar-refractivity contribution is 5.77. The van der Waals surface area contributed by atoms with Crippen LogP contribution in [0, 0.1) is 11.8 Å². The lowest BCUT2D eigenvalue weighted by Gasteiger charge is -2.37. The number of carboxylic acids is 1. The lowest BCUT2D eigenvalue weighted by atomic mass is 9.87. The summed E-state index contributed by atoms with van der Waals surface area (Å²) in [5.74, 6) is 0.549. The fourth-order valence-corrected chi connectivity index (χ4v) is 3.76. The zero-order valence-corrected chi connectivity index (χ0v) is 13.2. The number of amides is 2. The van der Waals surface area contributed by atoms with Crippen LogP contribution in [-0.2, 0) is 4.79 Å². The summed E-state index contributed by atoms with van der Waals surface area (Å²) in [6.07, 6.45) is 5.72. The molecule has 2 aliphatic rings. The predicted molar refractivity (Wildman–Crippen MR) is 81.1 cm³/mol. The SMILES string of the molecule is CC(C)C1CCN(C(=O)NC2(CC(=O)O)CCCC2)CC1. The van der Waals surface area contributed by atoms with Crippen LogP contribution >= 0.6 is 0 Å². The average Bonchev–Trinajstić information content (AvgIpc) is 2.86. The van der Waals surface area contributed by atoms with Gasteiger partial charge in [-0.05, 0) is 37.5 Å². The highest BCUT2D eigenvalue weighted by Crippen LogP contribution is 2.33. The van der Waals surface area contributed by atoms with Crippen molar-refractivity contribution in [2.24, 2.45) is 11.8 Å². The molecular weight excluding hydrogens is 268 g/mol. The minimum atomic E-state index is -0.823. The molecule has 0 radical (unpaired) electrons. The van der Waals surface area contributed by atoms with Crippen molar-refractivity contribution < 1.29 is 14.7 Å². The smallest absolute Gasteiger partial charge is 0.317 e. The fraction of sp³-hybridized carbons (Fsp3) is 0.875. The molecule has 0 spiro atoms. The molecule has 120 valence electrons. The molecule has 0 aromatic carbocycles. The van der Waals surface area contributed by atoms with E-state index in [9.17, 15) is 9.59 Å². The van der Waals surface area contributed by atoms with Gasteiger partial charge in [-0.15, -0.1) is 0 Å². The first-order chi connectivity index (χ1) is 9.92.